The van der Waals surface area contributed by atoms with Gasteiger partial charge in [0.15, 0.2) is 11.9 Å². The molecule has 1 aromatic heterocycles. The van der Waals surface area contributed by atoms with Crippen molar-refractivity contribution in [3.05, 3.63) is 59.7 Å². The lowest BCUT2D eigenvalue weighted by Gasteiger charge is -2.21. The van der Waals surface area contributed by atoms with Gasteiger partial charge in [-0.2, -0.15) is 4.68 Å². The molecule has 8 heteroatoms. The number of nitrogens with one attached hydrogen (secondary N) is 1. The fraction of sp³-hybridized carbons (Fsp3) is 0.333. The third-order valence-electron chi connectivity index (χ3n) is 4.46. The number of rotatable bonds is 5. The van der Waals surface area contributed by atoms with Crippen LogP contribution in [-0.2, 0) is 10.2 Å². The van der Waals surface area contributed by atoms with E-state index < -0.39 is 17.8 Å². The molecule has 0 saturated heterocycles. The van der Waals surface area contributed by atoms with Crippen LogP contribution >= 0.6 is 0 Å². The smallest absolute Gasteiger partial charge is 0.265 e. The van der Waals surface area contributed by atoms with Gasteiger partial charge in [0.2, 0.25) is 0 Å². The van der Waals surface area contributed by atoms with Gasteiger partial charge in [-0.3, -0.25) is 4.79 Å². The highest BCUT2D eigenvalue weighted by molar-refractivity contribution is 5.94. The number of tetrazole rings is 1. The predicted octanol–water partition coefficient (Wildman–Crippen LogP) is 3.81. The van der Waals surface area contributed by atoms with Gasteiger partial charge in [-0.25, -0.2) is 4.39 Å². The molecule has 1 N–H and O–H groups in total. The van der Waals surface area contributed by atoms with Crippen LogP contribution < -0.4 is 10.1 Å². The zero-order valence-corrected chi connectivity index (χ0v) is 17.1. The number of hydrogen-bond acceptors (Lipinski definition) is 5. The maximum Gasteiger partial charge on any atom is 0.265 e. The zero-order valence-electron chi connectivity index (χ0n) is 17.1. The van der Waals surface area contributed by atoms with Crippen LogP contribution in [0, 0.1) is 12.7 Å². The number of ether oxygens (including phenoxy) is 1. The van der Waals surface area contributed by atoms with Crippen molar-refractivity contribution in [3.63, 3.8) is 0 Å². The number of halogens is 1. The maximum absolute atomic E-state index is 14.2. The van der Waals surface area contributed by atoms with Crippen molar-refractivity contribution < 1.29 is 13.9 Å². The lowest BCUT2D eigenvalue weighted by atomic mass is 9.87. The molecule has 1 heterocycles. The quantitative estimate of drug-likeness (QED) is 0.708. The SMILES string of the molecule is Cc1nnnn1-c1ccc(F)c(NC(=O)C(C)Oc2cccc(C(C)(C)C)c2)c1. The Hall–Kier alpha value is -3.29. The van der Waals surface area contributed by atoms with Crippen LogP contribution in [0.3, 0.4) is 0 Å². The number of carbonyl (C=O) groups excluding carboxylic acids is 1. The lowest BCUT2D eigenvalue weighted by molar-refractivity contribution is -0.122. The molecule has 1 amide bonds. The highest BCUT2D eigenvalue weighted by Gasteiger charge is 2.19. The van der Waals surface area contributed by atoms with Crippen molar-refractivity contribution in [1.82, 2.24) is 20.2 Å². The molecule has 1 atom stereocenters. The molecule has 0 bridgehead atoms. The number of anilines is 1. The van der Waals surface area contributed by atoms with Crippen LogP contribution in [0.25, 0.3) is 5.69 Å². The van der Waals surface area contributed by atoms with Gasteiger partial charge in [0.1, 0.15) is 11.6 Å². The van der Waals surface area contributed by atoms with Crippen molar-refractivity contribution in [3.8, 4) is 11.4 Å². The van der Waals surface area contributed by atoms with Crippen molar-refractivity contribution in [2.24, 2.45) is 0 Å². The zero-order chi connectivity index (χ0) is 21.2. The summed E-state index contributed by atoms with van der Waals surface area (Å²) in [6.07, 6.45) is -0.817. The Morgan fingerprint density at radius 1 is 1.21 bits per heavy atom. The molecule has 29 heavy (non-hydrogen) atoms. The Kier molecular flexibility index (Phi) is 5.63. The Morgan fingerprint density at radius 3 is 2.62 bits per heavy atom. The van der Waals surface area contributed by atoms with Gasteiger partial charge in [0.05, 0.1) is 11.4 Å². The number of nitrogens with zero attached hydrogens (tertiary/aromatic N) is 4. The van der Waals surface area contributed by atoms with Gasteiger partial charge in [-0.05, 0) is 65.6 Å². The molecule has 0 aliphatic carbocycles. The highest BCUT2D eigenvalue weighted by atomic mass is 19.1. The molecule has 152 valence electrons. The summed E-state index contributed by atoms with van der Waals surface area (Å²) in [6.45, 7) is 9.65. The van der Waals surface area contributed by atoms with E-state index in [2.05, 4.69) is 41.6 Å². The molecule has 3 rings (SSSR count). The van der Waals surface area contributed by atoms with Crippen molar-refractivity contribution in [2.75, 3.05) is 5.32 Å². The van der Waals surface area contributed by atoms with Gasteiger partial charge >= 0.3 is 0 Å². The lowest BCUT2D eigenvalue weighted by Crippen LogP contribution is -2.30. The van der Waals surface area contributed by atoms with E-state index in [-0.39, 0.29) is 11.1 Å². The maximum atomic E-state index is 14.2. The third kappa shape index (κ3) is 4.77. The topological polar surface area (TPSA) is 81.9 Å². The third-order valence-corrected chi connectivity index (χ3v) is 4.46. The van der Waals surface area contributed by atoms with Gasteiger partial charge in [0.25, 0.3) is 5.91 Å². The summed E-state index contributed by atoms with van der Waals surface area (Å²) in [5, 5.41) is 13.8. The molecule has 0 aliphatic heterocycles. The molecule has 0 spiro atoms. The second kappa shape index (κ2) is 7.98. The minimum atomic E-state index is -0.817. The highest BCUT2D eigenvalue weighted by Crippen LogP contribution is 2.26. The first kappa shape index (κ1) is 20.4. The van der Waals surface area contributed by atoms with Gasteiger partial charge in [-0.1, -0.05) is 32.9 Å². The normalized spacial score (nSPS) is 12.5. The van der Waals surface area contributed by atoms with E-state index in [0.29, 0.717) is 17.3 Å². The number of aromatic nitrogens is 4. The van der Waals surface area contributed by atoms with E-state index in [1.165, 1.54) is 22.9 Å². The van der Waals surface area contributed by atoms with Crippen LogP contribution in [0.1, 0.15) is 39.1 Å². The van der Waals surface area contributed by atoms with Crippen LogP contribution in [0.15, 0.2) is 42.5 Å². The summed E-state index contributed by atoms with van der Waals surface area (Å²) >= 11 is 0. The van der Waals surface area contributed by atoms with E-state index in [1.54, 1.807) is 19.9 Å². The monoisotopic (exact) mass is 397 g/mol. The summed E-state index contributed by atoms with van der Waals surface area (Å²) in [7, 11) is 0. The number of benzene rings is 2. The number of hydrogen-bond donors (Lipinski definition) is 1. The molecular weight excluding hydrogens is 373 g/mol. The first-order chi connectivity index (χ1) is 13.6. The first-order valence-electron chi connectivity index (χ1n) is 9.28. The Balaban J connectivity index is 1.74. The van der Waals surface area contributed by atoms with E-state index in [9.17, 15) is 9.18 Å². The average Bonchev–Trinajstić information content (AvgIpc) is 3.09. The molecule has 7 nitrogen and oxygen atoms in total. The van der Waals surface area contributed by atoms with Crippen LogP contribution in [0.2, 0.25) is 0 Å². The van der Waals surface area contributed by atoms with Gasteiger partial charge < -0.3 is 10.1 Å². The summed E-state index contributed by atoms with van der Waals surface area (Å²) in [5.41, 5.74) is 1.62. The van der Waals surface area contributed by atoms with Crippen molar-refractivity contribution in [2.45, 2.75) is 46.1 Å². The van der Waals surface area contributed by atoms with E-state index in [0.717, 1.165) is 5.56 Å². The number of aryl methyl sites for hydroxylation is 1. The van der Waals surface area contributed by atoms with Crippen LogP contribution in [0.4, 0.5) is 10.1 Å². The van der Waals surface area contributed by atoms with Crippen molar-refractivity contribution >= 4 is 11.6 Å². The Bertz CT molecular complexity index is 1030. The fourth-order valence-corrected chi connectivity index (χ4v) is 2.74. The fourth-order valence-electron chi connectivity index (χ4n) is 2.74. The summed E-state index contributed by atoms with van der Waals surface area (Å²) in [5.74, 6) is 0.105. The molecule has 0 aliphatic rings. The molecule has 3 aromatic rings. The average molecular weight is 397 g/mol. The number of amides is 1. The van der Waals surface area contributed by atoms with E-state index in [4.69, 9.17) is 4.74 Å². The molecule has 0 radical (unpaired) electrons. The van der Waals surface area contributed by atoms with Crippen molar-refractivity contribution in [1.29, 1.82) is 0 Å². The van der Waals surface area contributed by atoms with Crippen LogP contribution in [-0.4, -0.2) is 32.2 Å². The minimum Gasteiger partial charge on any atom is -0.481 e. The summed E-state index contributed by atoms with van der Waals surface area (Å²) in [4.78, 5) is 12.6. The molecule has 2 aromatic carbocycles. The minimum absolute atomic E-state index is 0.0290. The first-order valence-corrected chi connectivity index (χ1v) is 9.28. The standard InChI is InChI=1S/C21H24FN5O2/c1-13(29-17-8-6-7-15(11-17)21(3,4)5)20(28)23-19-12-16(9-10-18(19)22)27-14(2)24-25-26-27/h6-13H,1-5H3,(H,23,28). The van der Waals surface area contributed by atoms with Crippen LogP contribution in [0.5, 0.6) is 5.75 Å². The van der Waals surface area contributed by atoms with Gasteiger partial charge in [0, 0.05) is 0 Å². The van der Waals surface area contributed by atoms with E-state index >= 15 is 0 Å². The molecular formula is C21H24FN5O2. The summed E-state index contributed by atoms with van der Waals surface area (Å²) in [6, 6.07) is 11.9. The molecule has 0 fully saturated rings. The van der Waals surface area contributed by atoms with Gasteiger partial charge in [-0.15, -0.1) is 5.10 Å². The van der Waals surface area contributed by atoms with E-state index in [1.807, 2.05) is 18.2 Å². The second-order valence-electron chi connectivity index (χ2n) is 7.83. The Labute approximate surface area is 168 Å². The molecule has 1 unspecified atom stereocenters. The largest absolute Gasteiger partial charge is 0.481 e. The second-order valence-corrected chi connectivity index (χ2v) is 7.83. The molecule has 0 saturated carbocycles. The Morgan fingerprint density at radius 2 is 1.97 bits per heavy atom. The predicted molar refractivity (Wildman–Crippen MR) is 108 cm³/mol. The number of carbonyl (C=O) groups is 1. The summed E-state index contributed by atoms with van der Waals surface area (Å²) < 4.78 is 21.5.